The maximum atomic E-state index is 12.8. The maximum Gasteiger partial charge on any atom is 0.251 e. The summed E-state index contributed by atoms with van der Waals surface area (Å²) in [6.45, 7) is 6.70. The van der Waals surface area contributed by atoms with Gasteiger partial charge in [-0.3, -0.25) is 9.59 Å². The van der Waals surface area contributed by atoms with Crippen molar-refractivity contribution in [3.8, 4) is 0 Å². The Hall–Kier alpha value is -3.65. The van der Waals surface area contributed by atoms with Crippen molar-refractivity contribution in [1.29, 1.82) is 0 Å². The molecular formula is C27H29N5O2S. The van der Waals surface area contributed by atoms with Gasteiger partial charge in [0.05, 0.1) is 11.8 Å². The summed E-state index contributed by atoms with van der Waals surface area (Å²) < 4.78 is 1.96. The lowest BCUT2D eigenvalue weighted by Gasteiger charge is -2.22. The van der Waals surface area contributed by atoms with Crippen molar-refractivity contribution < 1.29 is 9.59 Å². The monoisotopic (exact) mass is 487 g/mol. The smallest absolute Gasteiger partial charge is 0.251 e. The second-order valence-electron chi connectivity index (χ2n) is 8.54. The number of rotatable bonds is 9. The van der Waals surface area contributed by atoms with Crippen molar-refractivity contribution in [2.45, 2.75) is 38.5 Å². The van der Waals surface area contributed by atoms with Gasteiger partial charge in [0.15, 0.2) is 11.0 Å². The average molecular weight is 488 g/mol. The van der Waals surface area contributed by atoms with Crippen LogP contribution in [0.2, 0.25) is 0 Å². The SMILES string of the molecule is CCn1c(SCC(=O)Nc2ccc3ccccc3c2)nnc1[C@H](NC(=O)c1ccccc1)C(C)C. The number of thioether (sulfide) groups is 1. The van der Waals surface area contributed by atoms with E-state index in [-0.39, 0.29) is 29.5 Å². The highest BCUT2D eigenvalue weighted by Crippen LogP contribution is 2.26. The number of carbonyl (C=O) groups excluding carboxylic acids is 2. The Bertz CT molecular complexity index is 1320. The Balaban J connectivity index is 1.43. The largest absolute Gasteiger partial charge is 0.342 e. The molecule has 8 heteroatoms. The van der Waals surface area contributed by atoms with Crippen LogP contribution in [0, 0.1) is 5.92 Å². The minimum Gasteiger partial charge on any atom is -0.342 e. The summed E-state index contributed by atoms with van der Waals surface area (Å²) in [4.78, 5) is 25.4. The highest BCUT2D eigenvalue weighted by Gasteiger charge is 2.26. The lowest BCUT2D eigenvalue weighted by Crippen LogP contribution is -2.33. The molecule has 0 radical (unpaired) electrons. The first-order valence-electron chi connectivity index (χ1n) is 11.7. The Kier molecular flexibility index (Phi) is 7.82. The molecule has 0 unspecified atom stereocenters. The molecule has 35 heavy (non-hydrogen) atoms. The van der Waals surface area contributed by atoms with Crippen molar-refractivity contribution in [2.75, 3.05) is 11.1 Å². The summed E-state index contributed by atoms with van der Waals surface area (Å²) in [7, 11) is 0. The summed E-state index contributed by atoms with van der Waals surface area (Å²) >= 11 is 1.33. The van der Waals surface area contributed by atoms with E-state index in [0.717, 1.165) is 16.5 Å². The molecule has 0 saturated heterocycles. The molecule has 0 fully saturated rings. The van der Waals surface area contributed by atoms with E-state index in [1.807, 2.05) is 86.0 Å². The van der Waals surface area contributed by atoms with Gasteiger partial charge in [0, 0.05) is 17.8 Å². The minimum absolute atomic E-state index is 0.103. The summed E-state index contributed by atoms with van der Waals surface area (Å²) in [5.74, 6) is 0.720. The van der Waals surface area contributed by atoms with Crippen molar-refractivity contribution in [1.82, 2.24) is 20.1 Å². The third-order valence-electron chi connectivity index (χ3n) is 5.69. The van der Waals surface area contributed by atoms with Gasteiger partial charge in [-0.1, -0.05) is 74.1 Å². The summed E-state index contributed by atoms with van der Waals surface area (Å²) in [5.41, 5.74) is 1.36. The third kappa shape index (κ3) is 5.89. The quantitative estimate of drug-likeness (QED) is 0.312. The van der Waals surface area contributed by atoms with Gasteiger partial charge < -0.3 is 15.2 Å². The van der Waals surface area contributed by atoms with Crippen LogP contribution in [0.3, 0.4) is 0 Å². The lowest BCUT2D eigenvalue weighted by molar-refractivity contribution is -0.113. The molecule has 0 bridgehead atoms. The van der Waals surface area contributed by atoms with E-state index in [1.54, 1.807) is 12.1 Å². The predicted molar refractivity (Wildman–Crippen MR) is 140 cm³/mol. The van der Waals surface area contributed by atoms with Crippen LogP contribution in [0.25, 0.3) is 10.8 Å². The lowest BCUT2D eigenvalue weighted by atomic mass is 10.0. The van der Waals surface area contributed by atoms with Crippen molar-refractivity contribution in [3.63, 3.8) is 0 Å². The van der Waals surface area contributed by atoms with E-state index >= 15 is 0 Å². The van der Waals surface area contributed by atoms with E-state index in [1.165, 1.54) is 11.8 Å². The molecule has 1 heterocycles. The molecule has 1 aromatic heterocycles. The van der Waals surface area contributed by atoms with Crippen molar-refractivity contribution in [2.24, 2.45) is 5.92 Å². The standard InChI is InChI=1S/C27H29N5O2S/c1-4-32-25(24(18(2)3)29-26(34)20-11-6-5-7-12-20)30-31-27(32)35-17-23(33)28-22-15-14-19-10-8-9-13-21(19)16-22/h5-16,18,24H,4,17H2,1-3H3,(H,28,33)(H,29,34)/t24-/m1/s1. The Morgan fingerprint density at radius 2 is 1.66 bits per heavy atom. The van der Waals surface area contributed by atoms with Crippen LogP contribution >= 0.6 is 11.8 Å². The van der Waals surface area contributed by atoms with Crippen LogP contribution in [0.15, 0.2) is 78.0 Å². The number of fused-ring (bicyclic) bond motifs is 1. The Morgan fingerprint density at radius 3 is 2.37 bits per heavy atom. The fraction of sp³-hybridized carbons (Fsp3) is 0.259. The van der Waals surface area contributed by atoms with Crippen LogP contribution in [0.4, 0.5) is 5.69 Å². The molecule has 4 rings (SSSR count). The second kappa shape index (κ2) is 11.2. The van der Waals surface area contributed by atoms with Gasteiger partial charge in [-0.05, 0) is 47.9 Å². The van der Waals surface area contributed by atoms with E-state index in [9.17, 15) is 9.59 Å². The summed E-state index contributed by atoms with van der Waals surface area (Å²) in [6, 6.07) is 22.7. The zero-order valence-corrected chi connectivity index (χ0v) is 20.9. The van der Waals surface area contributed by atoms with Gasteiger partial charge in [0.1, 0.15) is 0 Å². The number of nitrogens with zero attached hydrogens (tertiary/aromatic N) is 3. The molecule has 2 N–H and O–H groups in total. The van der Waals surface area contributed by atoms with Crippen LogP contribution in [0.1, 0.15) is 43.0 Å². The number of amides is 2. The van der Waals surface area contributed by atoms with Gasteiger partial charge >= 0.3 is 0 Å². The molecular weight excluding hydrogens is 458 g/mol. The minimum atomic E-state index is -0.309. The zero-order chi connectivity index (χ0) is 24.8. The molecule has 4 aromatic rings. The van der Waals surface area contributed by atoms with Crippen LogP contribution < -0.4 is 10.6 Å². The van der Waals surface area contributed by atoms with Gasteiger partial charge in [0.25, 0.3) is 5.91 Å². The second-order valence-corrected chi connectivity index (χ2v) is 9.49. The summed E-state index contributed by atoms with van der Waals surface area (Å²) in [6.07, 6.45) is 0. The number of aromatic nitrogens is 3. The molecule has 180 valence electrons. The topological polar surface area (TPSA) is 88.9 Å². The normalized spacial score (nSPS) is 12.0. The molecule has 0 aliphatic carbocycles. The van der Waals surface area contributed by atoms with E-state index in [0.29, 0.717) is 23.1 Å². The molecule has 0 saturated carbocycles. The zero-order valence-electron chi connectivity index (χ0n) is 20.1. The van der Waals surface area contributed by atoms with Gasteiger partial charge in [-0.25, -0.2) is 0 Å². The average Bonchev–Trinajstić information content (AvgIpc) is 3.28. The number of carbonyl (C=O) groups is 2. The third-order valence-corrected chi connectivity index (χ3v) is 6.66. The number of hydrogen-bond donors (Lipinski definition) is 2. The molecule has 3 aromatic carbocycles. The molecule has 0 spiro atoms. The van der Waals surface area contributed by atoms with Crippen LogP contribution in [-0.4, -0.2) is 32.3 Å². The van der Waals surface area contributed by atoms with E-state index in [4.69, 9.17) is 0 Å². The van der Waals surface area contributed by atoms with Gasteiger partial charge in [-0.2, -0.15) is 0 Å². The first kappa shape index (κ1) is 24.5. The molecule has 1 atom stereocenters. The number of hydrogen-bond acceptors (Lipinski definition) is 5. The highest BCUT2D eigenvalue weighted by atomic mass is 32.2. The fourth-order valence-corrected chi connectivity index (χ4v) is 4.68. The highest BCUT2D eigenvalue weighted by molar-refractivity contribution is 7.99. The van der Waals surface area contributed by atoms with Crippen LogP contribution in [0.5, 0.6) is 0 Å². The molecule has 7 nitrogen and oxygen atoms in total. The summed E-state index contributed by atoms with van der Waals surface area (Å²) in [5, 5.41) is 17.6. The van der Waals surface area contributed by atoms with E-state index in [2.05, 4.69) is 20.8 Å². The Labute approximate surface area is 209 Å². The van der Waals surface area contributed by atoms with Crippen LogP contribution in [-0.2, 0) is 11.3 Å². The van der Waals surface area contributed by atoms with Gasteiger partial charge in [0.2, 0.25) is 5.91 Å². The number of anilines is 1. The van der Waals surface area contributed by atoms with Crippen molar-refractivity contribution >= 4 is 40.0 Å². The predicted octanol–water partition coefficient (Wildman–Crippen LogP) is 5.31. The Morgan fingerprint density at radius 1 is 0.943 bits per heavy atom. The maximum absolute atomic E-state index is 12.8. The van der Waals surface area contributed by atoms with Crippen molar-refractivity contribution in [3.05, 3.63) is 84.2 Å². The number of nitrogens with one attached hydrogen (secondary N) is 2. The first-order chi connectivity index (χ1) is 17.0. The molecule has 0 aliphatic heterocycles. The molecule has 0 aliphatic rings. The first-order valence-corrected chi connectivity index (χ1v) is 12.6. The fourth-order valence-electron chi connectivity index (χ4n) is 3.87. The molecule has 2 amide bonds. The number of benzene rings is 3. The van der Waals surface area contributed by atoms with E-state index < -0.39 is 0 Å². The van der Waals surface area contributed by atoms with Gasteiger partial charge in [-0.15, -0.1) is 10.2 Å².